The Morgan fingerprint density at radius 2 is 1.62 bits per heavy atom. The summed E-state index contributed by atoms with van der Waals surface area (Å²) in [5.41, 5.74) is 2.91. The highest BCUT2D eigenvalue weighted by atomic mass is 32.2. The zero-order chi connectivity index (χ0) is 23.5. The molecule has 1 heterocycles. The van der Waals surface area contributed by atoms with Crippen LogP contribution in [0.15, 0.2) is 58.2 Å². The Labute approximate surface area is 187 Å². The molecule has 0 aliphatic rings. The van der Waals surface area contributed by atoms with Gasteiger partial charge in [0.1, 0.15) is 0 Å². The van der Waals surface area contributed by atoms with E-state index in [0.29, 0.717) is 16.7 Å². The number of hydrogen-bond acceptors (Lipinski definition) is 5. The molecular formula is C23H28N4O4S. The molecule has 0 saturated carbocycles. The van der Waals surface area contributed by atoms with Gasteiger partial charge < -0.3 is 0 Å². The van der Waals surface area contributed by atoms with E-state index in [4.69, 9.17) is 0 Å². The monoisotopic (exact) mass is 456 g/mol. The highest BCUT2D eigenvalue weighted by molar-refractivity contribution is 7.89. The summed E-state index contributed by atoms with van der Waals surface area (Å²) in [4.78, 5) is 27.6. The summed E-state index contributed by atoms with van der Waals surface area (Å²) in [7, 11) is -3.98. The summed E-state index contributed by atoms with van der Waals surface area (Å²) in [5.74, 6) is -0.197. The van der Waals surface area contributed by atoms with Gasteiger partial charge in [-0.3, -0.25) is 15.0 Å². The minimum absolute atomic E-state index is 0.0380. The van der Waals surface area contributed by atoms with E-state index in [-0.39, 0.29) is 22.2 Å². The van der Waals surface area contributed by atoms with Crippen molar-refractivity contribution in [3.63, 3.8) is 0 Å². The van der Waals surface area contributed by atoms with Gasteiger partial charge in [-0.25, -0.2) is 13.1 Å². The van der Waals surface area contributed by atoms with Crippen LogP contribution in [0.4, 0.5) is 0 Å². The van der Waals surface area contributed by atoms with Crippen molar-refractivity contribution in [3.05, 3.63) is 70.1 Å². The molecule has 0 bridgehead atoms. The quantitative estimate of drug-likeness (QED) is 0.506. The Morgan fingerprint density at radius 1 is 1.00 bits per heavy atom. The molecule has 8 nitrogen and oxygen atoms in total. The van der Waals surface area contributed by atoms with E-state index in [1.807, 2.05) is 0 Å². The molecule has 1 aromatic heterocycles. The SMILES string of the molecule is CC(C)CCc1ccc(S(=O)(=O)NNC(=O)c2nn(C(C)C)c(=O)c3ccccc23)cc1. The molecule has 0 fully saturated rings. The van der Waals surface area contributed by atoms with Crippen molar-refractivity contribution in [2.75, 3.05) is 0 Å². The normalized spacial score (nSPS) is 11.9. The zero-order valence-corrected chi connectivity index (χ0v) is 19.4. The summed E-state index contributed by atoms with van der Waals surface area (Å²) in [5, 5.41) is 4.86. The van der Waals surface area contributed by atoms with E-state index in [1.165, 1.54) is 16.8 Å². The Morgan fingerprint density at radius 3 is 2.22 bits per heavy atom. The van der Waals surface area contributed by atoms with Gasteiger partial charge in [0.2, 0.25) is 0 Å². The summed E-state index contributed by atoms with van der Waals surface area (Å²) in [6.45, 7) is 7.82. The number of amides is 1. The predicted octanol–water partition coefficient (Wildman–Crippen LogP) is 3.19. The van der Waals surface area contributed by atoms with Crippen molar-refractivity contribution in [2.45, 2.75) is 51.5 Å². The lowest BCUT2D eigenvalue weighted by molar-refractivity contribution is 0.0939. The summed E-state index contributed by atoms with van der Waals surface area (Å²) < 4.78 is 26.5. The number of aromatic nitrogens is 2. The zero-order valence-electron chi connectivity index (χ0n) is 18.6. The van der Waals surface area contributed by atoms with Gasteiger partial charge in [-0.1, -0.05) is 44.2 Å². The molecule has 0 radical (unpaired) electrons. The van der Waals surface area contributed by atoms with Crippen LogP contribution < -0.4 is 15.8 Å². The highest BCUT2D eigenvalue weighted by Crippen LogP contribution is 2.16. The van der Waals surface area contributed by atoms with Crippen LogP contribution in [0.2, 0.25) is 0 Å². The van der Waals surface area contributed by atoms with Crippen molar-refractivity contribution >= 4 is 26.7 Å². The van der Waals surface area contributed by atoms with E-state index >= 15 is 0 Å². The molecule has 9 heteroatoms. The molecule has 2 aromatic carbocycles. The first kappa shape index (κ1) is 23.6. The fraction of sp³-hybridized carbons (Fsp3) is 0.348. The third-order valence-electron chi connectivity index (χ3n) is 5.08. The maximum atomic E-state index is 12.8. The van der Waals surface area contributed by atoms with E-state index in [1.54, 1.807) is 50.2 Å². The van der Waals surface area contributed by atoms with Crippen LogP contribution in [0, 0.1) is 5.92 Å². The summed E-state index contributed by atoms with van der Waals surface area (Å²) in [6.07, 6.45) is 1.88. The molecule has 0 saturated heterocycles. The number of nitrogens with zero attached hydrogens (tertiary/aromatic N) is 2. The fourth-order valence-electron chi connectivity index (χ4n) is 3.25. The molecule has 0 atom stereocenters. The van der Waals surface area contributed by atoms with Gasteiger partial charge in [0.25, 0.3) is 21.5 Å². The number of carbonyl (C=O) groups is 1. The Hall–Kier alpha value is -3.04. The number of benzene rings is 2. The molecule has 170 valence electrons. The Kier molecular flexibility index (Phi) is 7.10. The summed E-state index contributed by atoms with van der Waals surface area (Å²) >= 11 is 0. The number of fused-ring (bicyclic) bond motifs is 1. The minimum Gasteiger partial charge on any atom is -0.272 e. The Bertz CT molecular complexity index is 1280. The van der Waals surface area contributed by atoms with Gasteiger partial charge in [-0.2, -0.15) is 5.10 Å². The minimum atomic E-state index is -3.98. The molecule has 0 unspecified atom stereocenters. The van der Waals surface area contributed by atoms with E-state index < -0.39 is 15.9 Å². The van der Waals surface area contributed by atoms with Crippen LogP contribution in [-0.4, -0.2) is 24.1 Å². The van der Waals surface area contributed by atoms with Crippen LogP contribution in [0.1, 0.15) is 56.2 Å². The van der Waals surface area contributed by atoms with Crippen LogP contribution in [0.5, 0.6) is 0 Å². The largest absolute Gasteiger partial charge is 0.287 e. The number of hydrazine groups is 1. The topological polar surface area (TPSA) is 110 Å². The molecular weight excluding hydrogens is 428 g/mol. The van der Waals surface area contributed by atoms with Gasteiger partial charge in [-0.15, -0.1) is 4.83 Å². The van der Waals surface area contributed by atoms with Crippen molar-refractivity contribution in [2.24, 2.45) is 5.92 Å². The summed E-state index contributed by atoms with van der Waals surface area (Å²) in [6, 6.07) is 12.9. The number of hydrogen-bond donors (Lipinski definition) is 2. The number of aryl methyl sites for hydroxylation is 1. The standard InChI is InChI=1S/C23H28N4O4S/c1-15(2)9-10-17-11-13-18(14-12-17)32(30,31)26-24-22(28)21-19-7-5-6-8-20(19)23(29)27(25-21)16(3)4/h5-8,11-16,26H,9-10H2,1-4H3,(H,24,28). The van der Waals surface area contributed by atoms with Crippen LogP contribution in [0.25, 0.3) is 10.8 Å². The van der Waals surface area contributed by atoms with E-state index in [9.17, 15) is 18.0 Å². The molecule has 32 heavy (non-hydrogen) atoms. The van der Waals surface area contributed by atoms with Crippen LogP contribution >= 0.6 is 0 Å². The number of nitrogens with one attached hydrogen (secondary N) is 2. The third-order valence-corrected chi connectivity index (χ3v) is 6.34. The van der Waals surface area contributed by atoms with Crippen LogP contribution in [0.3, 0.4) is 0 Å². The van der Waals surface area contributed by atoms with Crippen molar-refractivity contribution < 1.29 is 13.2 Å². The fourth-order valence-corrected chi connectivity index (χ4v) is 4.09. The van der Waals surface area contributed by atoms with E-state index in [2.05, 4.69) is 29.2 Å². The number of sulfonamides is 1. The molecule has 0 aliphatic heterocycles. The molecule has 3 rings (SSSR count). The molecule has 0 aliphatic carbocycles. The highest BCUT2D eigenvalue weighted by Gasteiger charge is 2.20. The Balaban J connectivity index is 1.81. The van der Waals surface area contributed by atoms with Gasteiger partial charge in [0.15, 0.2) is 5.69 Å². The maximum Gasteiger partial charge on any atom is 0.287 e. The first-order chi connectivity index (χ1) is 15.1. The van der Waals surface area contributed by atoms with Crippen molar-refractivity contribution in [1.82, 2.24) is 20.0 Å². The van der Waals surface area contributed by atoms with E-state index in [0.717, 1.165) is 18.4 Å². The van der Waals surface area contributed by atoms with Gasteiger partial charge in [-0.05, 0) is 56.4 Å². The van der Waals surface area contributed by atoms with Gasteiger partial charge in [0, 0.05) is 5.39 Å². The van der Waals surface area contributed by atoms with Gasteiger partial charge >= 0.3 is 0 Å². The second-order valence-corrected chi connectivity index (χ2v) is 10.1. The second-order valence-electron chi connectivity index (χ2n) is 8.37. The lowest BCUT2D eigenvalue weighted by Crippen LogP contribution is -2.42. The third kappa shape index (κ3) is 5.23. The second kappa shape index (κ2) is 9.62. The first-order valence-corrected chi connectivity index (χ1v) is 12.0. The average Bonchev–Trinajstić information content (AvgIpc) is 2.76. The molecule has 0 spiro atoms. The molecule has 3 aromatic rings. The molecule has 1 amide bonds. The maximum absolute atomic E-state index is 12.8. The van der Waals surface area contributed by atoms with Crippen LogP contribution in [-0.2, 0) is 16.4 Å². The number of carbonyl (C=O) groups excluding carboxylic acids is 1. The molecule has 2 N–H and O–H groups in total. The van der Waals surface area contributed by atoms with Crippen molar-refractivity contribution in [3.8, 4) is 0 Å². The lowest BCUT2D eigenvalue weighted by atomic mass is 10.0. The number of rotatable bonds is 8. The lowest BCUT2D eigenvalue weighted by Gasteiger charge is -2.14. The van der Waals surface area contributed by atoms with Gasteiger partial charge in [0.05, 0.1) is 16.3 Å². The smallest absolute Gasteiger partial charge is 0.272 e. The van der Waals surface area contributed by atoms with Crippen molar-refractivity contribution in [1.29, 1.82) is 0 Å². The average molecular weight is 457 g/mol. The predicted molar refractivity (Wildman–Crippen MR) is 124 cm³/mol. The first-order valence-electron chi connectivity index (χ1n) is 10.5.